The Morgan fingerprint density at radius 1 is 1.29 bits per heavy atom. The van der Waals surface area contributed by atoms with E-state index in [2.05, 4.69) is 37.2 Å². The fourth-order valence-corrected chi connectivity index (χ4v) is 3.56. The van der Waals surface area contributed by atoms with E-state index in [0.717, 1.165) is 15.4 Å². The van der Waals surface area contributed by atoms with Gasteiger partial charge in [-0.1, -0.05) is 29.3 Å². The summed E-state index contributed by atoms with van der Waals surface area (Å²) in [6.07, 6.45) is 2.14. The van der Waals surface area contributed by atoms with Gasteiger partial charge < -0.3 is 10.4 Å². The molecule has 0 radical (unpaired) electrons. The summed E-state index contributed by atoms with van der Waals surface area (Å²) in [5.74, 6) is -1.82. The van der Waals surface area contributed by atoms with E-state index < -0.39 is 17.8 Å². The predicted molar refractivity (Wildman–Crippen MR) is 88.1 cm³/mol. The molecule has 0 aliphatic heterocycles. The van der Waals surface area contributed by atoms with E-state index in [-0.39, 0.29) is 5.91 Å². The maximum Gasteiger partial charge on any atom is 0.307 e. The molecule has 3 atom stereocenters. The zero-order chi connectivity index (χ0) is 15.6. The maximum atomic E-state index is 12.4. The Morgan fingerprint density at radius 2 is 1.95 bits per heavy atom. The van der Waals surface area contributed by atoms with Gasteiger partial charge in [-0.2, -0.15) is 0 Å². The van der Waals surface area contributed by atoms with Crippen molar-refractivity contribution < 1.29 is 14.7 Å². The lowest BCUT2D eigenvalue weighted by molar-refractivity contribution is -0.145. The SMILES string of the molecule is CCC1C[C@H](C(=O)Nc2cc(Br)ccc2Br)[C@H](C(=O)O)C1. The minimum atomic E-state index is -0.876. The van der Waals surface area contributed by atoms with Crippen LogP contribution in [0.3, 0.4) is 0 Å². The Balaban J connectivity index is 2.15. The summed E-state index contributed by atoms with van der Waals surface area (Å²) in [6.45, 7) is 2.04. The molecule has 1 amide bonds. The van der Waals surface area contributed by atoms with Crippen LogP contribution in [0.4, 0.5) is 5.69 Å². The molecule has 0 bridgehead atoms. The second-order valence-corrected chi connectivity index (χ2v) is 7.18. The Bertz CT molecular complexity index is 562. The zero-order valence-corrected chi connectivity index (χ0v) is 14.8. The Kier molecular flexibility index (Phi) is 5.43. The van der Waals surface area contributed by atoms with Crippen LogP contribution in [0.15, 0.2) is 27.1 Å². The van der Waals surface area contributed by atoms with Crippen LogP contribution in [-0.4, -0.2) is 17.0 Å². The van der Waals surface area contributed by atoms with Crippen molar-refractivity contribution in [1.29, 1.82) is 0 Å². The normalized spacial score (nSPS) is 24.8. The quantitative estimate of drug-likeness (QED) is 0.766. The molecule has 1 aliphatic rings. The molecule has 21 heavy (non-hydrogen) atoms. The lowest BCUT2D eigenvalue weighted by Crippen LogP contribution is -2.30. The van der Waals surface area contributed by atoms with Crippen molar-refractivity contribution in [3.05, 3.63) is 27.1 Å². The van der Waals surface area contributed by atoms with Crippen molar-refractivity contribution in [1.82, 2.24) is 0 Å². The van der Waals surface area contributed by atoms with Gasteiger partial charge in [0, 0.05) is 8.95 Å². The van der Waals surface area contributed by atoms with Crippen molar-refractivity contribution in [3.8, 4) is 0 Å². The second-order valence-electron chi connectivity index (χ2n) is 5.41. The highest BCUT2D eigenvalue weighted by Crippen LogP contribution is 2.39. The molecular weight excluding hydrogens is 402 g/mol. The van der Waals surface area contributed by atoms with Gasteiger partial charge in [0.05, 0.1) is 17.5 Å². The number of carboxylic acid groups (broad SMARTS) is 1. The highest BCUT2D eigenvalue weighted by Gasteiger charge is 2.42. The molecule has 1 unspecified atom stereocenters. The summed E-state index contributed by atoms with van der Waals surface area (Å²) >= 11 is 6.74. The van der Waals surface area contributed by atoms with Crippen molar-refractivity contribution >= 4 is 49.4 Å². The first kappa shape index (κ1) is 16.5. The lowest BCUT2D eigenvalue weighted by atomic mass is 9.95. The largest absolute Gasteiger partial charge is 0.481 e. The molecule has 2 rings (SSSR count). The first-order valence-electron chi connectivity index (χ1n) is 6.91. The first-order valence-corrected chi connectivity index (χ1v) is 8.49. The predicted octanol–water partition coefficient (Wildman–Crippen LogP) is 4.29. The van der Waals surface area contributed by atoms with Crippen LogP contribution < -0.4 is 5.32 Å². The number of anilines is 1. The smallest absolute Gasteiger partial charge is 0.307 e. The number of hydrogen-bond donors (Lipinski definition) is 2. The summed E-state index contributed by atoms with van der Waals surface area (Å²) in [7, 11) is 0. The van der Waals surface area contributed by atoms with E-state index >= 15 is 0 Å². The summed E-state index contributed by atoms with van der Waals surface area (Å²) in [5, 5.41) is 12.2. The number of rotatable bonds is 4. The van der Waals surface area contributed by atoms with E-state index in [9.17, 15) is 14.7 Å². The van der Waals surface area contributed by atoms with Crippen LogP contribution >= 0.6 is 31.9 Å². The highest BCUT2D eigenvalue weighted by atomic mass is 79.9. The number of benzene rings is 1. The van der Waals surface area contributed by atoms with Gasteiger partial charge in [0.15, 0.2) is 0 Å². The Morgan fingerprint density at radius 3 is 2.57 bits per heavy atom. The molecule has 1 fully saturated rings. The fourth-order valence-electron chi connectivity index (χ4n) is 2.86. The Hall–Kier alpha value is -0.880. The molecule has 0 spiro atoms. The van der Waals surface area contributed by atoms with Crippen molar-refractivity contribution in [2.75, 3.05) is 5.32 Å². The molecule has 2 N–H and O–H groups in total. The van der Waals surface area contributed by atoms with Crippen molar-refractivity contribution in [2.45, 2.75) is 26.2 Å². The van der Waals surface area contributed by atoms with Crippen molar-refractivity contribution in [2.24, 2.45) is 17.8 Å². The van der Waals surface area contributed by atoms with E-state index in [4.69, 9.17) is 0 Å². The zero-order valence-electron chi connectivity index (χ0n) is 11.6. The third kappa shape index (κ3) is 3.86. The van der Waals surface area contributed by atoms with Gasteiger partial charge in [-0.05, 0) is 52.9 Å². The molecule has 1 aromatic rings. The fraction of sp³-hybridized carbons (Fsp3) is 0.467. The number of hydrogen-bond acceptors (Lipinski definition) is 2. The van der Waals surface area contributed by atoms with E-state index in [1.807, 2.05) is 19.1 Å². The van der Waals surface area contributed by atoms with Gasteiger partial charge in [-0.15, -0.1) is 0 Å². The number of amides is 1. The molecule has 0 heterocycles. The average Bonchev–Trinajstić information content (AvgIpc) is 2.87. The third-order valence-electron chi connectivity index (χ3n) is 4.08. The number of nitrogens with one attached hydrogen (secondary N) is 1. The van der Waals surface area contributed by atoms with Crippen LogP contribution in [-0.2, 0) is 9.59 Å². The number of aliphatic carboxylic acids is 1. The monoisotopic (exact) mass is 417 g/mol. The van der Waals surface area contributed by atoms with Crippen LogP contribution in [0, 0.1) is 17.8 Å². The topological polar surface area (TPSA) is 66.4 Å². The van der Waals surface area contributed by atoms with E-state index in [1.165, 1.54) is 0 Å². The molecular formula is C15H17Br2NO3. The van der Waals surface area contributed by atoms with Gasteiger partial charge in [0.1, 0.15) is 0 Å². The minimum Gasteiger partial charge on any atom is -0.481 e. The van der Waals surface area contributed by atoms with E-state index in [1.54, 1.807) is 6.07 Å². The average molecular weight is 419 g/mol. The summed E-state index contributed by atoms with van der Waals surface area (Å²) in [4.78, 5) is 23.8. The second kappa shape index (κ2) is 6.92. The van der Waals surface area contributed by atoms with Crippen LogP contribution in [0.2, 0.25) is 0 Å². The number of halogens is 2. The standard InChI is InChI=1S/C15H17Br2NO3/c1-2-8-5-10(11(6-8)15(20)21)14(19)18-13-7-9(16)3-4-12(13)17/h3-4,7-8,10-11H,2,5-6H2,1H3,(H,18,19)(H,20,21)/t8?,10-,11+/m0/s1. The van der Waals surface area contributed by atoms with Gasteiger partial charge in [-0.25, -0.2) is 0 Å². The minimum absolute atomic E-state index is 0.211. The van der Waals surface area contributed by atoms with Crippen LogP contribution in [0.1, 0.15) is 26.2 Å². The van der Waals surface area contributed by atoms with Crippen LogP contribution in [0.25, 0.3) is 0 Å². The van der Waals surface area contributed by atoms with Gasteiger partial charge in [-0.3, -0.25) is 9.59 Å². The molecule has 1 aromatic carbocycles. The molecule has 4 nitrogen and oxygen atoms in total. The van der Waals surface area contributed by atoms with Gasteiger partial charge in [0.25, 0.3) is 0 Å². The molecule has 1 saturated carbocycles. The first-order chi connectivity index (χ1) is 9.92. The Labute approximate surface area is 140 Å². The van der Waals surface area contributed by atoms with E-state index in [0.29, 0.717) is 24.4 Å². The number of carboxylic acids is 1. The summed E-state index contributed by atoms with van der Waals surface area (Å²) < 4.78 is 1.63. The molecule has 114 valence electrons. The molecule has 1 aliphatic carbocycles. The number of carbonyl (C=O) groups is 2. The third-order valence-corrected chi connectivity index (χ3v) is 5.26. The number of carbonyl (C=O) groups excluding carboxylic acids is 1. The molecule has 0 aromatic heterocycles. The lowest BCUT2D eigenvalue weighted by Gasteiger charge is -2.16. The summed E-state index contributed by atoms with van der Waals surface area (Å²) in [6, 6.07) is 5.49. The highest BCUT2D eigenvalue weighted by molar-refractivity contribution is 9.11. The maximum absolute atomic E-state index is 12.4. The van der Waals surface area contributed by atoms with Gasteiger partial charge >= 0.3 is 5.97 Å². The molecule has 0 saturated heterocycles. The summed E-state index contributed by atoms with van der Waals surface area (Å²) in [5.41, 5.74) is 0.651. The van der Waals surface area contributed by atoms with Crippen LogP contribution in [0.5, 0.6) is 0 Å². The molecule has 6 heteroatoms. The van der Waals surface area contributed by atoms with Crippen molar-refractivity contribution in [3.63, 3.8) is 0 Å². The van der Waals surface area contributed by atoms with Gasteiger partial charge in [0.2, 0.25) is 5.91 Å².